The van der Waals surface area contributed by atoms with Gasteiger partial charge in [0.1, 0.15) is 12.0 Å². The van der Waals surface area contributed by atoms with Crippen molar-refractivity contribution in [3.63, 3.8) is 0 Å². The number of amides is 1. The lowest BCUT2D eigenvalue weighted by molar-refractivity contribution is -0.119. The first-order valence-electron chi connectivity index (χ1n) is 12.0. The van der Waals surface area contributed by atoms with E-state index in [4.69, 9.17) is 37.0 Å². The molecular weight excluding hydrogens is 542 g/mol. The zero-order valence-electron chi connectivity index (χ0n) is 20.5. The quantitative estimate of drug-likeness (QED) is 0.233. The van der Waals surface area contributed by atoms with Crippen LogP contribution in [0.2, 0.25) is 10.3 Å². The average Bonchev–Trinajstić information content (AvgIpc) is 3.49. The molecule has 14 heteroatoms. The molecule has 0 radical (unpaired) electrons. The van der Waals surface area contributed by atoms with Gasteiger partial charge in [0.15, 0.2) is 11.9 Å². The molecule has 4 rings (SSSR count). The Morgan fingerprint density at radius 2 is 1.95 bits per heavy atom. The maximum atomic E-state index is 12.6. The minimum atomic E-state index is -3.46. The van der Waals surface area contributed by atoms with E-state index in [-0.39, 0.29) is 43.5 Å². The van der Waals surface area contributed by atoms with Crippen LogP contribution in [0.1, 0.15) is 38.5 Å². The van der Waals surface area contributed by atoms with Gasteiger partial charge in [0.05, 0.1) is 30.9 Å². The van der Waals surface area contributed by atoms with Gasteiger partial charge in [-0.1, -0.05) is 29.8 Å². The molecule has 1 aliphatic rings. The van der Waals surface area contributed by atoms with E-state index < -0.39 is 13.5 Å². The smallest absolute Gasteiger partial charge is 0.340 e. The molecule has 37 heavy (non-hydrogen) atoms. The molecule has 1 fully saturated rings. The second kappa shape index (κ2) is 12.5. The summed E-state index contributed by atoms with van der Waals surface area (Å²) < 4.78 is 30.7. The third-order valence-electron chi connectivity index (χ3n) is 5.70. The van der Waals surface area contributed by atoms with Crippen LogP contribution in [0.25, 0.3) is 11.0 Å². The van der Waals surface area contributed by atoms with Crippen LogP contribution in [-0.4, -0.2) is 57.7 Å². The van der Waals surface area contributed by atoms with Gasteiger partial charge in [-0.2, -0.15) is 15.1 Å². The van der Waals surface area contributed by atoms with Gasteiger partial charge >= 0.3 is 7.60 Å². The number of benzene rings is 1. The predicted octanol–water partition coefficient (Wildman–Crippen LogP) is 4.81. The Balaban J connectivity index is 1.38. The van der Waals surface area contributed by atoms with Gasteiger partial charge < -0.3 is 24.4 Å². The number of ether oxygens (including phenoxy) is 1. The number of fused-ring (bicyclic) bond motifs is 1. The fourth-order valence-corrected chi connectivity index (χ4v) is 5.94. The molecule has 2 N–H and O–H groups in total. The standard InChI is InChI=1S/C23H29Cl2N6O5P/c1-3-34-37(33,35-4-2)14-19(32)26-12-16-9-10-20(36-16)31-22-17(13-28-31)21(29-23(25)30-22)27-11-15-7-5-6-8-18(15)24/h5-8,13,16,20H,3-4,9-12,14H2,1-2H3,(H,26,32)(H,27,29,30)/t16-,20+/m0/s1. The topological polar surface area (TPSA) is 129 Å². The average molecular weight is 571 g/mol. The molecule has 3 aromatic rings. The fourth-order valence-electron chi connectivity index (χ4n) is 4.06. The predicted molar refractivity (Wildman–Crippen MR) is 141 cm³/mol. The van der Waals surface area contributed by atoms with Gasteiger partial charge in [-0.05, 0) is 49.9 Å². The van der Waals surface area contributed by atoms with E-state index in [1.54, 1.807) is 24.7 Å². The number of aromatic nitrogens is 4. The first kappa shape index (κ1) is 27.8. The summed E-state index contributed by atoms with van der Waals surface area (Å²) in [6, 6.07) is 7.54. The summed E-state index contributed by atoms with van der Waals surface area (Å²) in [6.07, 6.45) is 2.04. The minimum absolute atomic E-state index is 0.0748. The highest BCUT2D eigenvalue weighted by Crippen LogP contribution is 2.47. The lowest BCUT2D eigenvalue weighted by Gasteiger charge is -2.18. The van der Waals surface area contributed by atoms with Gasteiger partial charge in [0.25, 0.3) is 0 Å². The summed E-state index contributed by atoms with van der Waals surface area (Å²) >= 11 is 12.5. The maximum Gasteiger partial charge on any atom is 0.340 e. The second-order valence-corrected chi connectivity index (χ2v) is 11.1. The second-order valence-electron chi connectivity index (χ2n) is 8.31. The van der Waals surface area contributed by atoms with Crippen LogP contribution in [0.3, 0.4) is 0 Å². The number of rotatable bonds is 12. The highest BCUT2D eigenvalue weighted by molar-refractivity contribution is 7.54. The molecule has 3 heterocycles. The van der Waals surface area contributed by atoms with Crippen molar-refractivity contribution in [1.82, 2.24) is 25.1 Å². The molecule has 11 nitrogen and oxygen atoms in total. The monoisotopic (exact) mass is 570 g/mol. The van der Waals surface area contributed by atoms with Crippen molar-refractivity contribution < 1.29 is 23.1 Å². The number of anilines is 1. The molecule has 1 amide bonds. The van der Waals surface area contributed by atoms with E-state index >= 15 is 0 Å². The van der Waals surface area contributed by atoms with E-state index in [1.807, 2.05) is 24.3 Å². The first-order valence-corrected chi connectivity index (χ1v) is 14.5. The Labute approximate surface area is 224 Å². The molecule has 1 aromatic carbocycles. The highest BCUT2D eigenvalue weighted by atomic mass is 35.5. The van der Waals surface area contributed by atoms with Crippen molar-refractivity contribution in [2.75, 3.05) is 31.2 Å². The van der Waals surface area contributed by atoms with Gasteiger partial charge in [0.2, 0.25) is 11.2 Å². The Morgan fingerprint density at radius 3 is 2.68 bits per heavy atom. The largest absolute Gasteiger partial charge is 0.365 e. The number of hydrogen-bond acceptors (Lipinski definition) is 9. The SMILES string of the molecule is CCOP(=O)(CC(=O)NC[C@@H]1CC[C@H](n2ncc3c(NCc4ccccc4Cl)nc(Cl)nc32)O1)OCC. The highest BCUT2D eigenvalue weighted by Gasteiger charge is 2.31. The maximum absolute atomic E-state index is 12.6. The van der Waals surface area contributed by atoms with Crippen molar-refractivity contribution in [2.45, 2.75) is 45.6 Å². The van der Waals surface area contributed by atoms with Crippen LogP contribution in [0.4, 0.5) is 5.82 Å². The zero-order chi connectivity index (χ0) is 26.4. The van der Waals surface area contributed by atoms with Crippen molar-refractivity contribution in [2.24, 2.45) is 0 Å². The van der Waals surface area contributed by atoms with E-state index in [0.29, 0.717) is 41.3 Å². The van der Waals surface area contributed by atoms with Crippen molar-refractivity contribution >= 4 is 53.6 Å². The van der Waals surface area contributed by atoms with Gasteiger partial charge in [-0.3, -0.25) is 9.36 Å². The molecule has 200 valence electrons. The van der Waals surface area contributed by atoms with Crippen LogP contribution in [0.15, 0.2) is 30.5 Å². The molecule has 1 saturated heterocycles. The van der Waals surface area contributed by atoms with Gasteiger partial charge in [-0.25, -0.2) is 4.68 Å². The summed E-state index contributed by atoms with van der Waals surface area (Å²) in [5.41, 5.74) is 1.45. The Kier molecular flexibility index (Phi) is 9.39. The fraction of sp³-hybridized carbons (Fsp3) is 0.478. The summed E-state index contributed by atoms with van der Waals surface area (Å²) in [6.45, 7) is 4.50. The minimum Gasteiger partial charge on any atom is -0.365 e. The van der Waals surface area contributed by atoms with Crippen LogP contribution in [0, 0.1) is 0 Å². The number of carbonyl (C=O) groups excluding carboxylic acids is 1. The van der Waals surface area contributed by atoms with Gasteiger partial charge in [-0.15, -0.1) is 0 Å². The number of carbonyl (C=O) groups is 1. The third-order valence-corrected chi connectivity index (χ3v) is 8.22. The number of nitrogens with zero attached hydrogens (tertiary/aromatic N) is 4. The van der Waals surface area contributed by atoms with Gasteiger partial charge in [0, 0.05) is 18.1 Å². The molecule has 0 spiro atoms. The Bertz CT molecular complexity index is 1280. The van der Waals surface area contributed by atoms with Crippen LogP contribution >= 0.6 is 30.8 Å². The molecule has 2 atom stereocenters. The lowest BCUT2D eigenvalue weighted by Crippen LogP contribution is -2.34. The summed E-state index contributed by atoms with van der Waals surface area (Å²) in [5.74, 6) is 0.117. The number of nitrogens with one attached hydrogen (secondary N) is 2. The molecule has 0 aliphatic carbocycles. The van der Waals surface area contributed by atoms with E-state index in [0.717, 1.165) is 5.56 Å². The third kappa shape index (κ3) is 6.98. The Hall–Kier alpha value is -2.27. The van der Waals surface area contributed by atoms with Crippen molar-refractivity contribution in [3.05, 3.63) is 46.3 Å². The van der Waals surface area contributed by atoms with Crippen LogP contribution in [-0.2, 0) is 29.7 Å². The molecule has 1 aliphatic heterocycles. The Morgan fingerprint density at radius 1 is 1.19 bits per heavy atom. The molecular formula is C23H29Cl2N6O5P. The molecule has 0 bridgehead atoms. The lowest BCUT2D eigenvalue weighted by atomic mass is 10.2. The molecule has 0 saturated carbocycles. The summed E-state index contributed by atoms with van der Waals surface area (Å²) in [7, 11) is -3.46. The number of hydrogen-bond donors (Lipinski definition) is 2. The summed E-state index contributed by atoms with van der Waals surface area (Å²) in [5, 5.41) is 11.9. The molecule has 0 unspecified atom stereocenters. The summed E-state index contributed by atoms with van der Waals surface area (Å²) in [4.78, 5) is 21.0. The molecule has 2 aromatic heterocycles. The number of halogens is 2. The van der Waals surface area contributed by atoms with Crippen molar-refractivity contribution in [1.29, 1.82) is 0 Å². The van der Waals surface area contributed by atoms with E-state index in [9.17, 15) is 9.36 Å². The van der Waals surface area contributed by atoms with Crippen LogP contribution < -0.4 is 10.6 Å². The first-order chi connectivity index (χ1) is 17.8. The normalized spacial score (nSPS) is 17.8. The van der Waals surface area contributed by atoms with Crippen molar-refractivity contribution in [3.8, 4) is 0 Å². The zero-order valence-corrected chi connectivity index (χ0v) is 22.9. The van der Waals surface area contributed by atoms with Crippen LogP contribution in [0.5, 0.6) is 0 Å². The van der Waals surface area contributed by atoms with E-state index in [1.165, 1.54) is 0 Å². The van der Waals surface area contributed by atoms with E-state index in [2.05, 4.69) is 25.7 Å².